The molecule has 0 aliphatic rings. The van der Waals surface area contributed by atoms with Crippen LogP contribution in [0.5, 0.6) is 5.75 Å². The van der Waals surface area contributed by atoms with Crippen molar-refractivity contribution >= 4 is 40.7 Å². The van der Waals surface area contributed by atoms with Crippen molar-refractivity contribution in [2.24, 2.45) is 0 Å². The molecule has 2 aromatic rings. The van der Waals surface area contributed by atoms with Crippen LogP contribution in [0, 0.1) is 0 Å². The fraction of sp³-hybridized carbons (Fsp3) is 0.143. The molecule has 0 saturated heterocycles. The van der Waals surface area contributed by atoms with Crippen molar-refractivity contribution in [2.45, 2.75) is 5.75 Å². The third-order valence-electron chi connectivity index (χ3n) is 2.57. The summed E-state index contributed by atoms with van der Waals surface area (Å²) in [7, 11) is 0. The van der Waals surface area contributed by atoms with E-state index in [9.17, 15) is 14.7 Å². The Labute approximate surface area is 129 Å². The third-order valence-corrected chi connectivity index (χ3v) is 4.61. The molecule has 3 N–H and O–H groups in total. The van der Waals surface area contributed by atoms with Crippen LogP contribution >= 0.6 is 23.1 Å². The van der Waals surface area contributed by atoms with Crippen LogP contribution in [0.3, 0.4) is 0 Å². The molecule has 0 spiro atoms. The van der Waals surface area contributed by atoms with Gasteiger partial charge in [-0.15, -0.1) is 23.1 Å². The Hall–Kier alpha value is -1.99. The van der Waals surface area contributed by atoms with Crippen LogP contribution in [0.1, 0.15) is 15.2 Å². The van der Waals surface area contributed by atoms with Gasteiger partial charge in [0.25, 0.3) is 0 Å². The molecule has 110 valence electrons. The molecule has 0 atom stereocenters. The highest BCUT2D eigenvalue weighted by molar-refractivity contribution is 7.99. The van der Waals surface area contributed by atoms with E-state index < -0.39 is 5.97 Å². The number of aromatic hydroxyl groups is 1. The normalized spacial score (nSPS) is 10.3. The molecule has 7 heteroatoms. The molecule has 21 heavy (non-hydrogen) atoms. The Morgan fingerprint density at radius 1 is 1.29 bits per heavy atom. The number of amides is 1. The highest BCUT2D eigenvalue weighted by Gasteiger charge is 2.11. The topological polar surface area (TPSA) is 86.6 Å². The number of thioether (sulfide) groups is 1. The highest BCUT2D eigenvalue weighted by atomic mass is 32.2. The number of carboxylic acids is 1. The summed E-state index contributed by atoms with van der Waals surface area (Å²) in [5.74, 6) is -0.732. The van der Waals surface area contributed by atoms with Crippen molar-refractivity contribution in [1.29, 1.82) is 0 Å². The maximum absolute atomic E-state index is 11.8. The zero-order chi connectivity index (χ0) is 15.2. The Balaban J connectivity index is 1.87. The summed E-state index contributed by atoms with van der Waals surface area (Å²) < 4.78 is 0. The number of rotatable bonds is 6. The van der Waals surface area contributed by atoms with Gasteiger partial charge in [-0.1, -0.05) is 6.07 Å². The van der Waals surface area contributed by atoms with Crippen molar-refractivity contribution in [3.63, 3.8) is 0 Å². The minimum Gasteiger partial charge on any atom is -0.507 e. The lowest BCUT2D eigenvalue weighted by Crippen LogP contribution is -2.14. The van der Waals surface area contributed by atoms with Gasteiger partial charge in [-0.25, -0.2) is 4.79 Å². The predicted octanol–water partition coefficient (Wildman–Crippen LogP) is 3.02. The van der Waals surface area contributed by atoms with Crippen molar-refractivity contribution < 1.29 is 19.8 Å². The van der Waals surface area contributed by atoms with Crippen LogP contribution in [0.15, 0.2) is 35.7 Å². The van der Waals surface area contributed by atoms with Gasteiger partial charge in [0.2, 0.25) is 5.91 Å². The number of nitrogens with one attached hydrogen (secondary N) is 1. The smallest absolute Gasteiger partial charge is 0.339 e. The minimum atomic E-state index is -1.24. The number of hydrogen-bond donors (Lipinski definition) is 3. The zero-order valence-electron chi connectivity index (χ0n) is 10.9. The Bertz CT molecular complexity index is 640. The van der Waals surface area contributed by atoms with Gasteiger partial charge < -0.3 is 15.5 Å². The van der Waals surface area contributed by atoms with Gasteiger partial charge in [-0.2, -0.15) is 0 Å². The molecule has 2 rings (SSSR count). The Kier molecular flexibility index (Phi) is 5.24. The van der Waals surface area contributed by atoms with E-state index in [1.54, 1.807) is 11.3 Å². The summed E-state index contributed by atoms with van der Waals surface area (Å²) in [5, 5.41) is 22.9. The van der Waals surface area contributed by atoms with E-state index in [0.717, 1.165) is 5.75 Å². The van der Waals surface area contributed by atoms with Crippen LogP contribution in [0.25, 0.3) is 0 Å². The number of aromatic carboxylic acids is 1. The Morgan fingerprint density at radius 3 is 2.76 bits per heavy atom. The van der Waals surface area contributed by atoms with E-state index in [2.05, 4.69) is 5.32 Å². The van der Waals surface area contributed by atoms with Gasteiger partial charge in [-0.3, -0.25) is 4.79 Å². The number of thiophene rings is 1. The second-order valence-electron chi connectivity index (χ2n) is 4.16. The fourth-order valence-electron chi connectivity index (χ4n) is 1.62. The maximum atomic E-state index is 11.8. The van der Waals surface area contributed by atoms with Crippen molar-refractivity contribution in [1.82, 2.24) is 0 Å². The van der Waals surface area contributed by atoms with Crippen LogP contribution in [-0.4, -0.2) is 27.8 Å². The molecule has 1 aromatic heterocycles. The molecule has 0 radical (unpaired) electrons. The first-order valence-corrected chi connectivity index (χ1v) is 8.06. The SMILES string of the molecule is O=C(CSCc1cccs1)Nc1ccc(O)c(C(=O)O)c1. The van der Waals surface area contributed by atoms with E-state index in [-0.39, 0.29) is 23.0 Å². The molecule has 1 heterocycles. The van der Waals surface area contributed by atoms with Gasteiger partial charge in [0.1, 0.15) is 11.3 Å². The first-order valence-electron chi connectivity index (χ1n) is 6.02. The first kappa shape index (κ1) is 15.4. The summed E-state index contributed by atoms with van der Waals surface area (Å²) in [5.41, 5.74) is 0.117. The van der Waals surface area contributed by atoms with E-state index in [0.29, 0.717) is 5.69 Å². The quantitative estimate of drug-likeness (QED) is 0.711. The highest BCUT2D eigenvalue weighted by Crippen LogP contribution is 2.22. The number of hydrogen-bond acceptors (Lipinski definition) is 5. The van der Waals surface area contributed by atoms with Crippen LogP contribution in [0.2, 0.25) is 0 Å². The van der Waals surface area contributed by atoms with E-state index in [1.165, 1.54) is 34.8 Å². The van der Waals surface area contributed by atoms with Crippen LogP contribution < -0.4 is 5.32 Å². The largest absolute Gasteiger partial charge is 0.507 e. The maximum Gasteiger partial charge on any atom is 0.339 e. The molecular weight excluding hydrogens is 310 g/mol. The van der Waals surface area contributed by atoms with E-state index in [1.807, 2.05) is 17.5 Å². The molecule has 0 fully saturated rings. The van der Waals surface area contributed by atoms with Gasteiger partial charge >= 0.3 is 5.97 Å². The number of carbonyl (C=O) groups is 2. The van der Waals surface area contributed by atoms with Crippen molar-refractivity contribution in [2.75, 3.05) is 11.1 Å². The summed E-state index contributed by atoms with van der Waals surface area (Å²) >= 11 is 3.12. The molecule has 0 aliphatic carbocycles. The second-order valence-corrected chi connectivity index (χ2v) is 6.18. The Morgan fingerprint density at radius 2 is 2.10 bits per heavy atom. The van der Waals surface area contributed by atoms with Crippen LogP contribution in [0.4, 0.5) is 5.69 Å². The standard InChI is InChI=1S/C14H13NO4S2/c16-12-4-3-9(6-11(12)14(18)19)15-13(17)8-20-7-10-2-1-5-21-10/h1-6,16H,7-8H2,(H,15,17)(H,18,19). The molecule has 1 amide bonds. The number of carboxylic acid groups (broad SMARTS) is 1. The molecule has 0 saturated carbocycles. The second kappa shape index (κ2) is 7.14. The summed E-state index contributed by atoms with van der Waals surface area (Å²) in [4.78, 5) is 23.9. The molecule has 0 bridgehead atoms. The average Bonchev–Trinajstić information content (AvgIpc) is 2.94. The van der Waals surface area contributed by atoms with Gasteiger partial charge in [0.05, 0.1) is 5.75 Å². The zero-order valence-corrected chi connectivity index (χ0v) is 12.5. The van der Waals surface area contributed by atoms with E-state index >= 15 is 0 Å². The lowest BCUT2D eigenvalue weighted by atomic mass is 10.2. The first-order chi connectivity index (χ1) is 10.1. The van der Waals surface area contributed by atoms with Crippen molar-refractivity contribution in [3.05, 3.63) is 46.2 Å². The van der Waals surface area contributed by atoms with Crippen molar-refractivity contribution in [3.8, 4) is 5.75 Å². The number of anilines is 1. The number of benzene rings is 1. The van der Waals surface area contributed by atoms with Crippen LogP contribution in [-0.2, 0) is 10.5 Å². The molecule has 5 nitrogen and oxygen atoms in total. The summed E-state index contributed by atoms with van der Waals surface area (Å²) in [6.45, 7) is 0. The molecular formula is C14H13NO4S2. The third kappa shape index (κ3) is 4.51. The molecule has 0 unspecified atom stereocenters. The molecule has 1 aromatic carbocycles. The monoisotopic (exact) mass is 323 g/mol. The van der Waals surface area contributed by atoms with Gasteiger partial charge in [0.15, 0.2) is 0 Å². The fourth-order valence-corrected chi connectivity index (χ4v) is 3.29. The van der Waals surface area contributed by atoms with E-state index in [4.69, 9.17) is 5.11 Å². The number of phenols is 1. The lowest BCUT2D eigenvalue weighted by Gasteiger charge is -2.07. The summed E-state index contributed by atoms with van der Waals surface area (Å²) in [6.07, 6.45) is 0. The number of carbonyl (C=O) groups excluding carboxylic acids is 1. The predicted molar refractivity (Wildman–Crippen MR) is 84.2 cm³/mol. The molecule has 0 aliphatic heterocycles. The summed E-state index contributed by atoms with van der Waals surface area (Å²) in [6, 6.07) is 7.92. The minimum absolute atomic E-state index is 0.210. The average molecular weight is 323 g/mol. The van der Waals surface area contributed by atoms with Gasteiger partial charge in [-0.05, 0) is 29.6 Å². The van der Waals surface area contributed by atoms with Gasteiger partial charge in [0, 0.05) is 16.3 Å². The lowest BCUT2D eigenvalue weighted by molar-refractivity contribution is -0.113.